The van der Waals surface area contributed by atoms with E-state index in [1.165, 1.54) is 22.9 Å². The van der Waals surface area contributed by atoms with Crippen LogP contribution in [0.2, 0.25) is 0 Å². The Labute approximate surface area is 122 Å². The van der Waals surface area contributed by atoms with Crippen molar-refractivity contribution < 1.29 is 9.53 Å². The van der Waals surface area contributed by atoms with E-state index in [0.717, 1.165) is 5.56 Å². The fourth-order valence-corrected chi connectivity index (χ4v) is 1.80. The van der Waals surface area contributed by atoms with Gasteiger partial charge in [0.05, 0.1) is 17.2 Å². The van der Waals surface area contributed by atoms with Crippen molar-refractivity contribution in [1.29, 1.82) is 5.26 Å². The molecule has 0 aliphatic rings. The SMILES string of the molecule is C[C@H](OC(=O)c1ccn(C)c(=O)c1)c1ccc(C#N)cc1. The van der Waals surface area contributed by atoms with Crippen LogP contribution in [0.4, 0.5) is 0 Å². The summed E-state index contributed by atoms with van der Waals surface area (Å²) in [6.45, 7) is 1.74. The van der Waals surface area contributed by atoms with E-state index in [4.69, 9.17) is 10.00 Å². The van der Waals surface area contributed by atoms with Gasteiger partial charge in [-0.3, -0.25) is 4.79 Å². The lowest BCUT2D eigenvalue weighted by atomic mass is 10.1. The molecule has 0 saturated heterocycles. The van der Waals surface area contributed by atoms with Gasteiger partial charge in [0.15, 0.2) is 0 Å². The lowest BCUT2D eigenvalue weighted by Crippen LogP contribution is -2.18. The second-order valence-electron chi connectivity index (χ2n) is 4.65. The van der Waals surface area contributed by atoms with E-state index in [1.807, 2.05) is 6.07 Å². The molecule has 1 aromatic carbocycles. The Morgan fingerprint density at radius 3 is 2.52 bits per heavy atom. The molecule has 1 heterocycles. The predicted octanol–water partition coefficient (Wildman–Crippen LogP) is 2.17. The van der Waals surface area contributed by atoms with Crippen LogP contribution in [0.1, 0.15) is 34.5 Å². The standard InChI is InChI=1S/C16H14N2O3/c1-11(13-5-3-12(10-17)4-6-13)21-16(20)14-7-8-18(2)15(19)9-14/h3-9,11H,1-2H3/t11-/m0/s1. The molecule has 0 spiro atoms. The molecule has 0 fully saturated rings. The number of carbonyl (C=O) groups is 1. The van der Waals surface area contributed by atoms with Crippen LogP contribution in [-0.2, 0) is 11.8 Å². The fraction of sp³-hybridized carbons (Fsp3) is 0.188. The van der Waals surface area contributed by atoms with Crippen molar-refractivity contribution in [2.45, 2.75) is 13.0 Å². The number of aromatic nitrogens is 1. The maximum absolute atomic E-state index is 12.0. The Hall–Kier alpha value is -2.87. The molecule has 5 heteroatoms. The van der Waals surface area contributed by atoms with Crippen molar-refractivity contribution in [3.05, 3.63) is 69.6 Å². The van der Waals surface area contributed by atoms with E-state index >= 15 is 0 Å². The predicted molar refractivity (Wildman–Crippen MR) is 76.7 cm³/mol. The number of hydrogen-bond donors (Lipinski definition) is 0. The van der Waals surface area contributed by atoms with E-state index in [1.54, 1.807) is 38.2 Å². The number of aryl methyl sites for hydroxylation is 1. The molecule has 0 unspecified atom stereocenters. The Morgan fingerprint density at radius 1 is 1.29 bits per heavy atom. The molecule has 5 nitrogen and oxygen atoms in total. The Kier molecular flexibility index (Phi) is 4.19. The van der Waals surface area contributed by atoms with Crippen molar-refractivity contribution in [2.24, 2.45) is 7.05 Å². The summed E-state index contributed by atoms with van der Waals surface area (Å²) in [4.78, 5) is 23.5. The zero-order valence-electron chi connectivity index (χ0n) is 11.7. The lowest BCUT2D eigenvalue weighted by Gasteiger charge is -2.13. The smallest absolute Gasteiger partial charge is 0.338 e. The lowest BCUT2D eigenvalue weighted by molar-refractivity contribution is 0.0337. The average Bonchev–Trinajstić information content (AvgIpc) is 2.50. The van der Waals surface area contributed by atoms with Crippen molar-refractivity contribution in [3.8, 4) is 6.07 Å². The molecule has 2 rings (SSSR count). The number of rotatable bonds is 3. The highest BCUT2D eigenvalue weighted by Crippen LogP contribution is 2.18. The molecule has 0 amide bonds. The molecule has 0 N–H and O–H groups in total. The third-order valence-electron chi connectivity index (χ3n) is 3.13. The third-order valence-corrected chi connectivity index (χ3v) is 3.13. The van der Waals surface area contributed by atoms with Gasteiger partial charge < -0.3 is 9.30 Å². The number of benzene rings is 1. The first-order chi connectivity index (χ1) is 10.0. The molecule has 0 radical (unpaired) electrons. The molecule has 0 aliphatic heterocycles. The van der Waals surface area contributed by atoms with Crippen LogP contribution in [0.5, 0.6) is 0 Å². The average molecular weight is 282 g/mol. The fourth-order valence-electron chi connectivity index (χ4n) is 1.80. The number of carbonyl (C=O) groups excluding carboxylic acids is 1. The molecule has 1 atom stereocenters. The van der Waals surface area contributed by atoms with Crippen LogP contribution in [0.25, 0.3) is 0 Å². The molecular formula is C16H14N2O3. The minimum absolute atomic E-state index is 0.221. The quantitative estimate of drug-likeness (QED) is 0.809. The summed E-state index contributed by atoms with van der Waals surface area (Å²) in [6, 6.07) is 11.6. The van der Waals surface area contributed by atoms with Gasteiger partial charge in [0, 0.05) is 19.3 Å². The summed E-state index contributed by atoms with van der Waals surface area (Å²) in [5.74, 6) is -0.551. The highest BCUT2D eigenvalue weighted by Gasteiger charge is 2.14. The molecule has 2 aromatic rings. The van der Waals surface area contributed by atoms with Gasteiger partial charge in [-0.2, -0.15) is 5.26 Å². The highest BCUT2D eigenvalue weighted by atomic mass is 16.5. The summed E-state index contributed by atoms with van der Waals surface area (Å²) in [6.07, 6.45) is 1.06. The van der Waals surface area contributed by atoms with E-state index in [-0.39, 0.29) is 11.1 Å². The van der Waals surface area contributed by atoms with Crippen molar-refractivity contribution >= 4 is 5.97 Å². The van der Waals surface area contributed by atoms with Crippen LogP contribution >= 0.6 is 0 Å². The number of esters is 1. The summed E-state index contributed by atoms with van der Waals surface area (Å²) >= 11 is 0. The van der Waals surface area contributed by atoms with Crippen LogP contribution < -0.4 is 5.56 Å². The Balaban J connectivity index is 2.12. The second kappa shape index (κ2) is 6.06. The van der Waals surface area contributed by atoms with Gasteiger partial charge in [-0.15, -0.1) is 0 Å². The molecule has 21 heavy (non-hydrogen) atoms. The van der Waals surface area contributed by atoms with E-state index in [0.29, 0.717) is 5.56 Å². The molecule has 106 valence electrons. The van der Waals surface area contributed by atoms with Crippen LogP contribution in [0, 0.1) is 11.3 Å². The molecule has 0 aliphatic carbocycles. The third kappa shape index (κ3) is 3.37. The van der Waals surface area contributed by atoms with Gasteiger partial charge in [0.2, 0.25) is 0 Å². The monoisotopic (exact) mass is 282 g/mol. The number of nitrogens with zero attached hydrogens (tertiary/aromatic N) is 2. The van der Waals surface area contributed by atoms with E-state index < -0.39 is 12.1 Å². The largest absolute Gasteiger partial charge is 0.454 e. The molecule has 1 aromatic heterocycles. The van der Waals surface area contributed by atoms with E-state index in [9.17, 15) is 9.59 Å². The Bertz CT molecular complexity index is 754. The summed E-state index contributed by atoms with van der Waals surface area (Å²) < 4.78 is 6.70. The van der Waals surface area contributed by atoms with Crippen molar-refractivity contribution in [3.63, 3.8) is 0 Å². The minimum atomic E-state index is -0.551. The zero-order valence-corrected chi connectivity index (χ0v) is 11.7. The minimum Gasteiger partial charge on any atom is -0.454 e. The Morgan fingerprint density at radius 2 is 1.95 bits per heavy atom. The van der Waals surface area contributed by atoms with Gasteiger partial charge in [-0.25, -0.2) is 4.79 Å². The van der Waals surface area contributed by atoms with Crippen LogP contribution in [0.3, 0.4) is 0 Å². The molecular weight excluding hydrogens is 268 g/mol. The van der Waals surface area contributed by atoms with Gasteiger partial charge in [-0.05, 0) is 30.7 Å². The van der Waals surface area contributed by atoms with Crippen LogP contribution in [-0.4, -0.2) is 10.5 Å². The van der Waals surface area contributed by atoms with Gasteiger partial charge in [0.1, 0.15) is 6.10 Å². The maximum Gasteiger partial charge on any atom is 0.338 e. The van der Waals surface area contributed by atoms with Gasteiger partial charge >= 0.3 is 5.97 Å². The summed E-state index contributed by atoms with van der Waals surface area (Å²) in [5, 5.41) is 8.74. The summed E-state index contributed by atoms with van der Waals surface area (Å²) in [5.41, 5.74) is 1.28. The molecule has 0 saturated carbocycles. The van der Waals surface area contributed by atoms with Crippen molar-refractivity contribution in [2.75, 3.05) is 0 Å². The summed E-state index contributed by atoms with van der Waals surface area (Å²) in [7, 11) is 1.61. The first-order valence-corrected chi connectivity index (χ1v) is 6.39. The number of pyridine rings is 1. The zero-order chi connectivity index (χ0) is 15.4. The molecule has 0 bridgehead atoms. The number of ether oxygens (including phenoxy) is 1. The van der Waals surface area contributed by atoms with Crippen molar-refractivity contribution in [1.82, 2.24) is 4.57 Å². The van der Waals surface area contributed by atoms with Gasteiger partial charge in [-0.1, -0.05) is 12.1 Å². The maximum atomic E-state index is 12.0. The topological polar surface area (TPSA) is 72.1 Å². The second-order valence-corrected chi connectivity index (χ2v) is 4.65. The van der Waals surface area contributed by atoms with E-state index in [2.05, 4.69) is 0 Å². The highest BCUT2D eigenvalue weighted by molar-refractivity contribution is 5.89. The number of nitriles is 1. The normalized spacial score (nSPS) is 11.5. The first kappa shape index (κ1) is 14.5. The first-order valence-electron chi connectivity index (χ1n) is 6.39. The van der Waals surface area contributed by atoms with Gasteiger partial charge in [0.25, 0.3) is 5.56 Å². The number of hydrogen-bond acceptors (Lipinski definition) is 4. The van der Waals surface area contributed by atoms with Crippen LogP contribution in [0.15, 0.2) is 47.4 Å².